The lowest BCUT2D eigenvalue weighted by atomic mass is 9.95. The monoisotopic (exact) mass is 346 g/mol. The van der Waals surface area contributed by atoms with Crippen LogP contribution in [0.3, 0.4) is 0 Å². The third-order valence-electron chi connectivity index (χ3n) is 5.34. The van der Waals surface area contributed by atoms with Gasteiger partial charge in [0.1, 0.15) is 13.2 Å². The molecule has 1 saturated heterocycles. The van der Waals surface area contributed by atoms with Crippen molar-refractivity contribution in [3.63, 3.8) is 0 Å². The molecule has 138 valence electrons. The molecular weight excluding hydrogens is 316 g/mol. The van der Waals surface area contributed by atoms with Gasteiger partial charge in [-0.15, -0.1) is 0 Å². The van der Waals surface area contributed by atoms with Crippen LogP contribution in [0.1, 0.15) is 32.3 Å². The second-order valence-corrected chi connectivity index (χ2v) is 6.96. The molecule has 0 aromatic heterocycles. The molecule has 25 heavy (non-hydrogen) atoms. The maximum Gasteiger partial charge on any atom is 0.226 e. The number of hydrogen-bond donors (Lipinski definition) is 0. The molecule has 0 radical (unpaired) electrons. The molecular formula is C20H30N2O3. The first-order chi connectivity index (χ1) is 12.2. The summed E-state index contributed by atoms with van der Waals surface area (Å²) in [5.74, 6) is 2.48. The van der Waals surface area contributed by atoms with Gasteiger partial charge in [0.15, 0.2) is 11.5 Å². The van der Waals surface area contributed by atoms with E-state index < -0.39 is 0 Å². The fraction of sp³-hybridized carbons (Fsp3) is 0.650. The van der Waals surface area contributed by atoms with Crippen LogP contribution in [0.15, 0.2) is 18.2 Å². The third-order valence-corrected chi connectivity index (χ3v) is 5.34. The van der Waals surface area contributed by atoms with E-state index in [1.165, 1.54) is 0 Å². The number of rotatable bonds is 6. The van der Waals surface area contributed by atoms with Gasteiger partial charge in [0.05, 0.1) is 6.42 Å². The number of hydrogen-bond acceptors (Lipinski definition) is 4. The molecule has 1 aromatic rings. The Balaban J connectivity index is 1.49. The van der Waals surface area contributed by atoms with E-state index in [0.29, 0.717) is 19.6 Å². The Morgan fingerprint density at radius 3 is 2.48 bits per heavy atom. The highest BCUT2D eigenvalue weighted by molar-refractivity contribution is 5.79. The van der Waals surface area contributed by atoms with Crippen LogP contribution in [0.5, 0.6) is 11.5 Å². The Labute approximate surface area is 150 Å². The predicted octanol–water partition coefficient (Wildman–Crippen LogP) is 2.58. The second kappa shape index (κ2) is 8.56. The molecule has 5 heteroatoms. The van der Waals surface area contributed by atoms with Crippen molar-refractivity contribution in [2.45, 2.75) is 33.1 Å². The number of carbonyl (C=O) groups is 1. The van der Waals surface area contributed by atoms with Crippen molar-refractivity contribution in [2.75, 3.05) is 45.9 Å². The molecule has 1 aromatic carbocycles. The van der Waals surface area contributed by atoms with E-state index in [2.05, 4.69) is 18.7 Å². The first-order valence-corrected chi connectivity index (χ1v) is 9.58. The molecule has 0 saturated carbocycles. The average Bonchev–Trinajstić information content (AvgIpc) is 2.66. The van der Waals surface area contributed by atoms with E-state index in [9.17, 15) is 4.79 Å². The van der Waals surface area contributed by atoms with Crippen molar-refractivity contribution in [3.05, 3.63) is 23.8 Å². The summed E-state index contributed by atoms with van der Waals surface area (Å²) >= 11 is 0. The molecule has 3 rings (SSSR count). The van der Waals surface area contributed by atoms with E-state index >= 15 is 0 Å². The van der Waals surface area contributed by atoms with Gasteiger partial charge in [0.2, 0.25) is 5.91 Å². The minimum absolute atomic E-state index is 0.220. The standard InChI is InChI=1S/C20H30N2O3/c1-3-21(4-2)15-16-7-9-22(10-8-16)20(23)14-17-5-6-18-19(13-17)25-12-11-24-18/h5-6,13,16H,3-4,7-12,14-15H2,1-2H3. The van der Waals surface area contributed by atoms with Crippen LogP contribution in [-0.4, -0.2) is 61.6 Å². The maximum absolute atomic E-state index is 12.6. The Hall–Kier alpha value is -1.75. The average molecular weight is 346 g/mol. The number of likely N-dealkylation sites (tertiary alicyclic amines) is 1. The molecule has 5 nitrogen and oxygen atoms in total. The Morgan fingerprint density at radius 1 is 1.12 bits per heavy atom. The number of amides is 1. The molecule has 2 aliphatic heterocycles. The third kappa shape index (κ3) is 4.66. The zero-order valence-electron chi connectivity index (χ0n) is 15.5. The van der Waals surface area contributed by atoms with Crippen LogP contribution in [0, 0.1) is 5.92 Å². The molecule has 0 aliphatic carbocycles. The summed E-state index contributed by atoms with van der Waals surface area (Å²) in [5, 5.41) is 0. The minimum atomic E-state index is 0.220. The summed E-state index contributed by atoms with van der Waals surface area (Å²) in [4.78, 5) is 17.1. The number of nitrogens with zero attached hydrogens (tertiary/aromatic N) is 2. The maximum atomic E-state index is 12.6. The summed E-state index contributed by atoms with van der Waals surface area (Å²) in [6.07, 6.45) is 2.67. The van der Waals surface area contributed by atoms with Crippen LogP contribution in [0.2, 0.25) is 0 Å². The van der Waals surface area contributed by atoms with Gasteiger partial charge >= 0.3 is 0 Å². The largest absolute Gasteiger partial charge is 0.486 e. The van der Waals surface area contributed by atoms with Gasteiger partial charge in [-0.25, -0.2) is 0 Å². The first kappa shape index (κ1) is 18.1. The lowest BCUT2D eigenvalue weighted by Crippen LogP contribution is -2.42. The van der Waals surface area contributed by atoms with Crippen molar-refractivity contribution in [2.24, 2.45) is 5.92 Å². The molecule has 0 bridgehead atoms. The summed E-state index contributed by atoms with van der Waals surface area (Å²) < 4.78 is 11.1. The van der Waals surface area contributed by atoms with Gasteiger partial charge in [0.25, 0.3) is 0 Å². The summed E-state index contributed by atoms with van der Waals surface area (Å²) in [6.45, 7) is 10.8. The van der Waals surface area contributed by atoms with Crippen molar-refractivity contribution in [1.29, 1.82) is 0 Å². The van der Waals surface area contributed by atoms with Gasteiger partial charge in [-0.05, 0) is 49.5 Å². The van der Waals surface area contributed by atoms with Crippen molar-refractivity contribution in [1.82, 2.24) is 9.80 Å². The van der Waals surface area contributed by atoms with E-state index in [1.54, 1.807) is 0 Å². The van der Waals surface area contributed by atoms with E-state index in [4.69, 9.17) is 9.47 Å². The number of carbonyl (C=O) groups excluding carboxylic acids is 1. The lowest BCUT2D eigenvalue weighted by molar-refractivity contribution is -0.131. The summed E-state index contributed by atoms with van der Waals surface area (Å²) in [7, 11) is 0. The zero-order valence-corrected chi connectivity index (χ0v) is 15.5. The highest BCUT2D eigenvalue weighted by Gasteiger charge is 2.24. The fourth-order valence-electron chi connectivity index (χ4n) is 3.70. The van der Waals surface area contributed by atoms with E-state index in [-0.39, 0.29) is 5.91 Å². The molecule has 1 fully saturated rings. The summed E-state index contributed by atoms with van der Waals surface area (Å²) in [6, 6.07) is 5.82. The highest BCUT2D eigenvalue weighted by Crippen LogP contribution is 2.31. The molecule has 2 aliphatic rings. The first-order valence-electron chi connectivity index (χ1n) is 9.58. The summed E-state index contributed by atoms with van der Waals surface area (Å²) in [5.41, 5.74) is 1.000. The quantitative estimate of drug-likeness (QED) is 0.794. The molecule has 0 spiro atoms. The SMILES string of the molecule is CCN(CC)CC1CCN(C(=O)Cc2ccc3c(c2)OCCO3)CC1. The minimum Gasteiger partial charge on any atom is -0.486 e. The Kier molecular flexibility index (Phi) is 6.19. The predicted molar refractivity (Wildman–Crippen MR) is 98.2 cm³/mol. The van der Waals surface area contributed by atoms with Gasteiger partial charge in [-0.3, -0.25) is 4.79 Å². The van der Waals surface area contributed by atoms with Gasteiger partial charge in [-0.1, -0.05) is 19.9 Å². The van der Waals surface area contributed by atoms with Crippen LogP contribution >= 0.6 is 0 Å². The Morgan fingerprint density at radius 2 is 1.80 bits per heavy atom. The fourth-order valence-corrected chi connectivity index (χ4v) is 3.70. The van der Waals surface area contributed by atoms with Crippen LogP contribution < -0.4 is 9.47 Å². The van der Waals surface area contributed by atoms with Gasteiger partial charge in [-0.2, -0.15) is 0 Å². The van der Waals surface area contributed by atoms with Gasteiger partial charge in [0, 0.05) is 19.6 Å². The molecule has 0 unspecified atom stereocenters. The molecule has 1 amide bonds. The van der Waals surface area contributed by atoms with E-state index in [0.717, 1.165) is 68.5 Å². The second-order valence-electron chi connectivity index (χ2n) is 6.96. The van der Waals surface area contributed by atoms with Gasteiger partial charge < -0.3 is 19.3 Å². The molecule has 2 heterocycles. The number of benzene rings is 1. The van der Waals surface area contributed by atoms with Crippen LogP contribution in [0.25, 0.3) is 0 Å². The van der Waals surface area contributed by atoms with Crippen LogP contribution in [0.4, 0.5) is 0 Å². The normalized spacial score (nSPS) is 17.8. The van der Waals surface area contributed by atoms with Crippen molar-refractivity contribution in [3.8, 4) is 11.5 Å². The van der Waals surface area contributed by atoms with Crippen LogP contribution in [-0.2, 0) is 11.2 Å². The lowest BCUT2D eigenvalue weighted by Gasteiger charge is -2.34. The smallest absolute Gasteiger partial charge is 0.226 e. The van der Waals surface area contributed by atoms with E-state index in [1.807, 2.05) is 23.1 Å². The number of fused-ring (bicyclic) bond motifs is 1. The number of piperidine rings is 1. The molecule has 0 atom stereocenters. The topological polar surface area (TPSA) is 42.0 Å². The zero-order chi connectivity index (χ0) is 17.6. The molecule has 0 N–H and O–H groups in total. The number of ether oxygens (including phenoxy) is 2. The van der Waals surface area contributed by atoms with Crippen molar-refractivity contribution < 1.29 is 14.3 Å². The Bertz CT molecular complexity index is 578. The van der Waals surface area contributed by atoms with Crippen molar-refractivity contribution >= 4 is 5.91 Å². The highest BCUT2D eigenvalue weighted by atomic mass is 16.6.